The zero-order chi connectivity index (χ0) is 30.0. The molecule has 0 aliphatic carbocycles. The Morgan fingerprint density at radius 1 is 1.00 bits per heavy atom. The minimum absolute atomic E-state index is 0.000661. The van der Waals surface area contributed by atoms with Crippen molar-refractivity contribution < 1.29 is 22.8 Å². The Morgan fingerprint density at radius 2 is 1.71 bits per heavy atom. The highest BCUT2D eigenvalue weighted by molar-refractivity contribution is 6.06. The predicted octanol–water partition coefficient (Wildman–Crippen LogP) is 5.46. The fourth-order valence-corrected chi connectivity index (χ4v) is 4.54. The summed E-state index contributed by atoms with van der Waals surface area (Å²) in [6.45, 7) is 2.86. The van der Waals surface area contributed by atoms with E-state index in [9.17, 15) is 22.8 Å². The van der Waals surface area contributed by atoms with Gasteiger partial charge in [-0.3, -0.25) is 4.79 Å². The standard InChI is InChI=1S/C30H28F3N7O2/c1-17-11-12-18(28(41)36-24-10-5-4-7-21(24)31)15-19(17)25-20-16-35-30(42)40(26-22(32)8-6-9-23(26)33)27(20)38-29(37-25)34-13-14-39(2)3/h4-12,15H,13-14,16H2,1-3H3,(H,35,42)(H,36,41)(H,34,37,38). The number of aromatic nitrogens is 2. The molecule has 1 aromatic heterocycles. The number of fused-ring (bicyclic) bond motifs is 1. The lowest BCUT2D eigenvalue weighted by Crippen LogP contribution is -2.43. The predicted molar refractivity (Wildman–Crippen MR) is 154 cm³/mol. The third kappa shape index (κ3) is 5.75. The van der Waals surface area contributed by atoms with Gasteiger partial charge in [-0.2, -0.15) is 4.98 Å². The first-order valence-electron chi connectivity index (χ1n) is 13.1. The van der Waals surface area contributed by atoms with Crippen LogP contribution < -0.4 is 20.9 Å². The van der Waals surface area contributed by atoms with Crippen molar-refractivity contribution in [2.24, 2.45) is 0 Å². The molecule has 5 rings (SSSR count). The lowest BCUT2D eigenvalue weighted by molar-refractivity contribution is 0.102. The minimum Gasteiger partial charge on any atom is -0.353 e. The van der Waals surface area contributed by atoms with E-state index in [0.29, 0.717) is 29.9 Å². The number of amides is 3. The van der Waals surface area contributed by atoms with E-state index in [4.69, 9.17) is 4.98 Å². The molecule has 1 aliphatic heterocycles. The van der Waals surface area contributed by atoms with Gasteiger partial charge in [-0.05, 0) is 63.0 Å². The smallest absolute Gasteiger partial charge is 0.328 e. The van der Waals surface area contributed by atoms with Crippen molar-refractivity contribution in [2.75, 3.05) is 42.7 Å². The quantitative estimate of drug-likeness (QED) is 0.258. The molecule has 1 aliphatic rings. The van der Waals surface area contributed by atoms with Crippen LogP contribution in [0.1, 0.15) is 21.5 Å². The average Bonchev–Trinajstić information content (AvgIpc) is 2.95. The van der Waals surface area contributed by atoms with Crippen LogP contribution in [0.2, 0.25) is 0 Å². The first kappa shape index (κ1) is 28.6. The van der Waals surface area contributed by atoms with Crippen molar-refractivity contribution in [1.82, 2.24) is 20.2 Å². The van der Waals surface area contributed by atoms with Gasteiger partial charge in [0.25, 0.3) is 5.91 Å². The third-order valence-electron chi connectivity index (χ3n) is 6.70. The molecule has 0 saturated carbocycles. The van der Waals surface area contributed by atoms with Crippen LogP contribution in [-0.4, -0.2) is 54.0 Å². The summed E-state index contributed by atoms with van der Waals surface area (Å²) in [6, 6.07) is 13.3. The molecule has 0 spiro atoms. The molecule has 216 valence electrons. The van der Waals surface area contributed by atoms with Crippen molar-refractivity contribution in [2.45, 2.75) is 13.5 Å². The first-order chi connectivity index (χ1) is 20.1. The minimum atomic E-state index is -0.941. The number of anilines is 4. The summed E-state index contributed by atoms with van der Waals surface area (Å²) < 4.78 is 44.1. The second-order valence-corrected chi connectivity index (χ2v) is 9.96. The van der Waals surface area contributed by atoms with Gasteiger partial charge in [0.1, 0.15) is 23.1 Å². The van der Waals surface area contributed by atoms with Gasteiger partial charge in [0, 0.05) is 29.8 Å². The van der Waals surface area contributed by atoms with Crippen LogP contribution in [0.4, 0.5) is 41.1 Å². The van der Waals surface area contributed by atoms with E-state index in [-0.39, 0.29) is 29.6 Å². The van der Waals surface area contributed by atoms with Gasteiger partial charge in [-0.1, -0.05) is 24.3 Å². The fraction of sp³-hybridized carbons (Fsp3) is 0.200. The zero-order valence-electron chi connectivity index (χ0n) is 23.1. The molecule has 4 aromatic rings. The van der Waals surface area contributed by atoms with Gasteiger partial charge >= 0.3 is 6.03 Å². The Labute approximate surface area is 240 Å². The SMILES string of the molecule is Cc1ccc(C(=O)Nc2ccccc2F)cc1-c1nc(NCCN(C)C)nc2c1CNC(=O)N2c1c(F)cccc1F. The van der Waals surface area contributed by atoms with Gasteiger partial charge in [-0.25, -0.2) is 27.8 Å². The van der Waals surface area contributed by atoms with E-state index in [2.05, 4.69) is 20.9 Å². The number of hydrogen-bond acceptors (Lipinski definition) is 6. The molecule has 0 atom stereocenters. The second-order valence-electron chi connectivity index (χ2n) is 9.96. The monoisotopic (exact) mass is 575 g/mol. The Hall–Kier alpha value is -4.97. The van der Waals surface area contributed by atoms with Crippen molar-refractivity contribution in [1.29, 1.82) is 0 Å². The highest BCUT2D eigenvalue weighted by atomic mass is 19.1. The number of nitrogens with one attached hydrogen (secondary N) is 3. The summed E-state index contributed by atoms with van der Waals surface area (Å²) in [4.78, 5) is 38.2. The molecule has 0 radical (unpaired) electrons. The molecule has 3 N–H and O–H groups in total. The molecule has 3 aromatic carbocycles. The van der Waals surface area contributed by atoms with Gasteiger partial charge in [0.05, 0.1) is 17.9 Å². The van der Waals surface area contributed by atoms with Crippen LogP contribution in [0.25, 0.3) is 11.3 Å². The van der Waals surface area contributed by atoms with Crippen molar-refractivity contribution >= 4 is 35.1 Å². The van der Waals surface area contributed by atoms with Crippen LogP contribution in [0, 0.1) is 24.4 Å². The van der Waals surface area contributed by atoms with E-state index < -0.39 is 35.1 Å². The number of carbonyl (C=O) groups excluding carboxylic acids is 2. The number of nitrogens with zero attached hydrogens (tertiary/aromatic N) is 4. The summed E-state index contributed by atoms with van der Waals surface area (Å²) in [5.74, 6) is -2.88. The number of urea groups is 1. The topological polar surface area (TPSA) is 102 Å². The first-order valence-corrected chi connectivity index (χ1v) is 13.1. The number of hydrogen-bond donors (Lipinski definition) is 3. The van der Waals surface area contributed by atoms with Crippen LogP contribution >= 0.6 is 0 Å². The van der Waals surface area contributed by atoms with Crippen molar-refractivity contribution in [3.05, 3.63) is 94.8 Å². The second kappa shape index (κ2) is 11.9. The largest absolute Gasteiger partial charge is 0.353 e. The van der Waals surface area contributed by atoms with Gasteiger partial charge < -0.3 is 20.9 Å². The number of aryl methyl sites for hydroxylation is 1. The lowest BCUT2D eigenvalue weighted by Gasteiger charge is -2.31. The van der Waals surface area contributed by atoms with Crippen molar-refractivity contribution in [3.8, 4) is 11.3 Å². The Kier molecular flexibility index (Phi) is 8.07. The molecule has 9 nitrogen and oxygen atoms in total. The van der Waals surface area contributed by atoms with Gasteiger partial charge in [-0.15, -0.1) is 0 Å². The van der Waals surface area contributed by atoms with E-state index in [1.807, 2.05) is 25.9 Å². The van der Waals surface area contributed by atoms with Crippen LogP contribution in [0.5, 0.6) is 0 Å². The Balaban J connectivity index is 1.64. The summed E-state index contributed by atoms with van der Waals surface area (Å²) in [6.07, 6.45) is 0. The molecule has 0 fully saturated rings. The molecule has 2 heterocycles. The Bertz CT molecular complexity index is 1660. The fourth-order valence-electron chi connectivity index (χ4n) is 4.54. The average molecular weight is 576 g/mol. The maximum absolute atomic E-state index is 14.9. The Morgan fingerprint density at radius 3 is 2.43 bits per heavy atom. The van der Waals surface area contributed by atoms with E-state index >= 15 is 0 Å². The highest BCUT2D eigenvalue weighted by Gasteiger charge is 2.34. The molecular formula is C30H28F3N7O2. The number of para-hydroxylation sites is 2. The molecular weight excluding hydrogens is 547 g/mol. The zero-order valence-corrected chi connectivity index (χ0v) is 23.1. The van der Waals surface area contributed by atoms with Crippen LogP contribution in [-0.2, 0) is 6.54 Å². The van der Waals surface area contributed by atoms with Gasteiger partial charge in [0.15, 0.2) is 5.82 Å². The normalized spacial score (nSPS) is 12.6. The number of halogens is 3. The van der Waals surface area contributed by atoms with E-state index in [1.54, 1.807) is 24.3 Å². The van der Waals surface area contributed by atoms with Crippen LogP contribution in [0.3, 0.4) is 0 Å². The summed E-state index contributed by atoms with van der Waals surface area (Å²) in [5.41, 5.74) is 1.69. The van der Waals surface area contributed by atoms with E-state index in [1.165, 1.54) is 24.3 Å². The van der Waals surface area contributed by atoms with Crippen LogP contribution in [0.15, 0.2) is 60.7 Å². The summed E-state index contributed by atoms with van der Waals surface area (Å²) >= 11 is 0. The van der Waals surface area contributed by atoms with Gasteiger partial charge in [0.2, 0.25) is 5.95 Å². The number of likely N-dealkylation sites (N-methyl/N-ethyl adjacent to an activating group) is 1. The number of benzene rings is 3. The molecule has 12 heteroatoms. The summed E-state index contributed by atoms with van der Waals surface area (Å²) in [7, 11) is 3.80. The highest BCUT2D eigenvalue weighted by Crippen LogP contribution is 2.39. The third-order valence-corrected chi connectivity index (χ3v) is 6.70. The lowest BCUT2D eigenvalue weighted by atomic mass is 9.97. The molecule has 42 heavy (non-hydrogen) atoms. The summed E-state index contributed by atoms with van der Waals surface area (Å²) in [5, 5.41) is 8.34. The van der Waals surface area contributed by atoms with E-state index in [0.717, 1.165) is 22.6 Å². The molecule has 0 saturated heterocycles. The van der Waals surface area contributed by atoms with Crippen molar-refractivity contribution in [3.63, 3.8) is 0 Å². The molecule has 3 amide bonds. The number of carbonyl (C=O) groups is 2. The maximum Gasteiger partial charge on any atom is 0.328 e. The molecule has 0 bridgehead atoms. The number of rotatable bonds is 8. The maximum atomic E-state index is 14.9. The molecule has 0 unspecified atom stereocenters.